The molecule has 9 heavy (non-hydrogen) atoms. The zero-order valence-electron chi connectivity index (χ0n) is 6.32. The van der Waals surface area contributed by atoms with Gasteiger partial charge in [-0.2, -0.15) is 0 Å². The lowest BCUT2D eigenvalue weighted by Gasteiger charge is -1.80. The molecule has 0 aliphatic carbocycles. The number of Topliss-reactive ketones (excluding diaryl/α,β-unsaturated/α-hetero) is 1. The normalized spacial score (nSPS) is 6.67. The molecule has 0 aliphatic heterocycles. The molecular formula is C6H13NO2. The van der Waals surface area contributed by atoms with Gasteiger partial charge in [0.1, 0.15) is 5.78 Å². The van der Waals surface area contributed by atoms with Crippen LogP contribution in [0.5, 0.6) is 0 Å². The Morgan fingerprint density at radius 1 is 1.11 bits per heavy atom. The summed E-state index contributed by atoms with van der Waals surface area (Å²) in [6.07, 6.45) is 0. The van der Waals surface area contributed by atoms with Crippen LogP contribution in [0.1, 0.15) is 20.8 Å². The first-order valence-electron chi connectivity index (χ1n) is 2.66. The van der Waals surface area contributed by atoms with Gasteiger partial charge in [0.15, 0.2) is 0 Å². The van der Waals surface area contributed by atoms with Gasteiger partial charge < -0.3 is 10.1 Å². The van der Waals surface area contributed by atoms with E-state index in [1.807, 2.05) is 0 Å². The Kier molecular flexibility index (Phi) is 8.73. The molecule has 3 nitrogen and oxygen atoms in total. The maximum Gasteiger partial charge on any atom is 0.216 e. The van der Waals surface area contributed by atoms with E-state index in [-0.39, 0.29) is 11.7 Å². The molecule has 0 heterocycles. The van der Waals surface area contributed by atoms with Crippen LogP contribution in [0.25, 0.3) is 0 Å². The molecule has 0 saturated heterocycles. The van der Waals surface area contributed by atoms with Crippen molar-refractivity contribution in [2.45, 2.75) is 20.8 Å². The van der Waals surface area contributed by atoms with E-state index in [1.54, 1.807) is 7.05 Å². The van der Waals surface area contributed by atoms with Gasteiger partial charge in [-0.1, -0.05) is 0 Å². The van der Waals surface area contributed by atoms with Crippen LogP contribution in [0, 0.1) is 0 Å². The fraction of sp³-hybridized carbons (Fsp3) is 0.667. The van der Waals surface area contributed by atoms with Crippen molar-refractivity contribution in [3.8, 4) is 0 Å². The van der Waals surface area contributed by atoms with Gasteiger partial charge in [-0.15, -0.1) is 0 Å². The molecule has 0 unspecified atom stereocenters. The summed E-state index contributed by atoms with van der Waals surface area (Å²) >= 11 is 0. The number of hydrogen-bond donors (Lipinski definition) is 1. The summed E-state index contributed by atoms with van der Waals surface area (Å²) < 4.78 is 0. The number of amides is 1. The van der Waals surface area contributed by atoms with E-state index in [2.05, 4.69) is 5.32 Å². The molecule has 0 atom stereocenters. The SMILES string of the molecule is CC(C)=O.CNC(C)=O. The molecule has 54 valence electrons. The van der Waals surface area contributed by atoms with Gasteiger partial charge in [0.25, 0.3) is 0 Å². The Morgan fingerprint density at radius 2 is 1.22 bits per heavy atom. The minimum atomic E-state index is 0.00463. The van der Waals surface area contributed by atoms with Crippen LogP contribution in [0.4, 0.5) is 0 Å². The van der Waals surface area contributed by atoms with E-state index in [9.17, 15) is 9.59 Å². The molecule has 0 saturated carbocycles. The van der Waals surface area contributed by atoms with Crippen molar-refractivity contribution in [1.82, 2.24) is 5.32 Å². The highest BCUT2D eigenvalue weighted by Crippen LogP contribution is 1.50. The molecule has 0 radical (unpaired) electrons. The molecule has 0 fully saturated rings. The summed E-state index contributed by atoms with van der Waals surface area (Å²) in [4.78, 5) is 19.1. The van der Waals surface area contributed by atoms with Crippen molar-refractivity contribution >= 4 is 11.7 Å². The van der Waals surface area contributed by atoms with Crippen LogP contribution in [-0.4, -0.2) is 18.7 Å². The smallest absolute Gasteiger partial charge is 0.216 e. The van der Waals surface area contributed by atoms with E-state index >= 15 is 0 Å². The number of carbonyl (C=O) groups is 2. The summed E-state index contributed by atoms with van der Waals surface area (Å²) in [6, 6.07) is 0. The first-order chi connectivity index (χ1) is 4.00. The van der Waals surface area contributed by atoms with E-state index in [0.29, 0.717) is 0 Å². The van der Waals surface area contributed by atoms with Gasteiger partial charge in [0.2, 0.25) is 5.91 Å². The Balaban J connectivity index is 0. The maximum absolute atomic E-state index is 9.70. The van der Waals surface area contributed by atoms with Gasteiger partial charge in [-0.25, -0.2) is 0 Å². The summed E-state index contributed by atoms with van der Waals surface area (Å²) in [5, 5.41) is 2.39. The van der Waals surface area contributed by atoms with E-state index in [0.717, 1.165) is 0 Å². The van der Waals surface area contributed by atoms with Crippen LogP contribution >= 0.6 is 0 Å². The fourth-order valence-electron chi connectivity index (χ4n) is 0. The van der Waals surface area contributed by atoms with Gasteiger partial charge in [0.05, 0.1) is 0 Å². The quantitative estimate of drug-likeness (QED) is 0.515. The first-order valence-corrected chi connectivity index (χ1v) is 2.66. The lowest BCUT2D eigenvalue weighted by atomic mass is 10.6. The average molecular weight is 131 g/mol. The molecule has 0 aromatic carbocycles. The van der Waals surface area contributed by atoms with Crippen LogP contribution in [0.2, 0.25) is 0 Å². The predicted octanol–water partition coefficient (Wildman–Crippen LogP) is 0.348. The van der Waals surface area contributed by atoms with Gasteiger partial charge in [-0.05, 0) is 13.8 Å². The highest BCUT2D eigenvalue weighted by atomic mass is 16.1. The fourth-order valence-corrected chi connectivity index (χ4v) is 0. The Hall–Kier alpha value is -0.860. The molecule has 3 heteroatoms. The Labute approximate surface area is 55.4 Å². The number of hydrogen-bond acceptors (Lipinski definition) is 2. The minimum absolute atomic E-state index is 0.00463. The van der Waals surface area contributed by atoms with Crippen molar-refractivity contribution in [2.24, 2.45) is 0 Å². The molecule has 1 N–H and O–H groups in total. The molecule has 1 amide bonds. The number of carbonyl (C=O) groups excluding carboxylic acids is 2. The topological polar surface area (TPSA) is 46.2 Å². The number of rotatable bonds is 0. The lowest BCUT2D eigenvalue weighted by Crippen LogP contribution is -2.11. The van der Waals surface area contributed by atoms with Crippen LogP contribution in [0.15, 0.2) is 0 Å². The molecule has 0 rings (SSSR count). The van der Waals surface area contributed by atoms with Crippen molar-refractivity contribution in [1.29, 1.82) is 0 Å². The lowest BCUT2D eigenvalue weighted by molar-refractivity contribution is -0.118. The van der Waals surface area contributed by atoms with Crippen LogP contribution < -0.4 is 5.32 Å². The summed E-state index contributed by atoms with van der Waals surface area (Å²) in [7, 11) is 1.60. The molecule has 0 aromatic rings. The summed E-state index contributed by atoms with van der Waals surface area (Å²) in [6.45, 7) is 4.53. The third kappa shape index (κ3) is 145. The van der Waals surface area contributed by atoms with Crippen molar-refractivity contribution in [3.05, 3.63) is 0 Å². The second-order valence-electron chi connectivity index (χ2n) is 1.71. The van der Waals surface area contributed by atoms with E-state index < -0.39 is 0 Å². The second-order valence-corrected chi connectivity index (χ2v) is 1.71. The second kappa shape index (κ2) is 7.14. The first kappa shape index (κ1) is 11.0. The van der Waals surface area contributed by atoms with Gasteiger partial charge in [-0.3, -0.25) is 4.79 Å². The third-order valence-corrected chi connectivity index (χ3v) is 0.352. The van der Waals surface area contributed by atoms with Crippen molar-refractivity contribution in [2.75, 3.05) is 7.05 Å². The predicted molar refractivity (Wildman–Crippen MR) is 36.1 cm³/mol. The molecule has 0 spiro atoms. The number of nitrogens with one attached hydrogen (secondary N) is 1. The third-order valence-electron chi connectivity index (χ3n) is 0.352. The average Bonchev–Trinajstić information content (AvgIpc) is 1.65. The maximum atomic E-state index is 9.70. The zero-order chi connectivity index (χ0) is 7.86. The molecule has 0 aliphatic rings. The monoisotopic (exact) mass is 131 g/mol. The Morgan fingerprint density at radius 3 is 1.22 bits per heavy atom. The van der Waals surface area contributed by atoms with Crippen LogP contribution in [-0.2, 0) is 9.59 Å². The van der Waals surface area contributed by atoms with Crippen LogP contribution in [0.3, 0.4) is 0 Å². The molecule has 0 bridgehead atoms. The van der Waals surface area contributed by atoms with E-state index in [4.69, 9.17) is 0 Å². The standard InChI is InChI=1S/C3H7NO.C3H6O/c1-3(5)4-2;1-3(2)4/h1-2H3,(H,4,5);1-2H3. The van der Waals surface area contributed by atoms with E-state index in [1.165, 1.54) is 20.8 Å². The highest BCUT2D eigenvalue weighted by molar-refractivity contribution is 5.72. The molecular weight excluding hydrogens is 118 g/mol. The van der Waals surface area contributed by atoms with Gasteiger partial charge >= 0.3 is 0 Å². The van der Waals surface area contributed by atoms with Crippen molar-refractivity contribution < 1.29 is 9.59 Å². The summed E-state index contributed by atoms with van der Waals surface area (Å²) in [5.41, 5.74) is 0. The zero-order valence-corrected chi connectivity index (χ0v) is 6.32. The highest BCUT2D eigenvalue weighted by Gasteiger charge is 1.72. The number of ketones is 1. The minimum Gasteiger partial charge on any atom is -0.359 e. The molecule has 0 aromatic heterocycles. The summed E-state index contributed by atoms with van der Waals surface area (Å²) in [5.74, 6) is 0.171. The van der Waals surface area contributed by atoms with Gasteiger partial charge in [0, 0.05) is 14.0 Å². The largest absolute Gasteiger partial charge is 0.359 e. The Bertz CT molecular complexity index is 95.2. The van der Waals surface area contributed by atoms with Crippen molar-refractivity contribution in [3.63, 3.8) is 0 Å².